The van der Waals surface area contributed by atoms with E-state index in [1.54, 1.807) is 59.6 Å². The maximum atomic E-state index is 13.5. The average Bonchev–Trinajstić information content (AvgIpc) is 2.93. The van der Waals surface area contributed by atoms with Crippen molar-refractivity contribution >= 4 is 32.5 Å². The summed E-state index contributed by atoms with van der Waals surface area (Å²) in [6, 6.07) is 19.9. The Kier molecular flexibility index (Phi) is 7.37. The van der Waals surface area contributed by atoms with Gasteiger partial charge in [0.15, 0.2) is 0 Å². The van der Waals surface area contributed by atoms with Gasteiger partial charge in [-0.3, -0.25) is 19.4 Å². The van der Waals surface area contributed by atoms with Crippen LogP contribution in [0.1, 0.15) is 21.5 Å². The van der Waals surface area contributed by atoms with E-state index in [1.165, 1.54) is 18.2 Å². The molecule has 0 atom stereocenters. The van der Waals surface area contributed by atoms with Crippen LogP contribution in [0.4, 0.5) is 10.1 Å². The van der Waals surface area contributed by atoms with E-state index in [-0.39, 0.29) is 23.2 Å². The topological polar surface area (TPSA) is 109 Å². The second-order valence-corrected chi connectivity index (χ2v) is 10.9. The van der Waals surface area contributed by atoms with Crippen molar-refractivity contribution in [3.63, 3.8) is 0 Å². The molecule has 1 aromatic heterocycles. The number of piperazine rings is 1. The van der Waals surface area contributed by atoms with Crippen molar-refractivity contribution in [1.29, 1.82) is 0 Å². The van der Waals surface area contributed by atoms with E-state index in [2.05, 4.69) is 14.6 Å². The number of carbonyl (C=O) groups excluding carboxylic acids is 1. The van der Waals surface area contributed by atoms with Gasteiger partial charge in [-0.2, -0.15) is 0 Å². The number of nitrogens with one attached hydrogen (secondary N) is 1. The van der Waals surface area contributed by atoms with Crippen LogP contribution >= 0.6 is 0 Å². The van der Waals surface area contributed by atoms with Crippen LogP contribution in [0.25, 0.3) is 10.9 Å². The molecule has 0 radical (unpaired) electrons. The van der Waals surface area contributed by atoms with Gasteiger partial charge in [0.25, 0.3) is 15.9 Å². The van der Waals surface area contributed by atoms with Crippen LogP contribution in [-0.2, 0) is 23.1 Å². The predicted molar refractivity (Wildman–Crippen MR) is 144 cm³/mol. The third kappa shape index (κ3) is 5.52. The van der Waals surface area contributed by atoms with E-state index >= 15 is 0 Å². The van der Waals surface area contributed by atoms with Gasteiger partial charge in [0, 0.05) is 56.4 Å². The molecule has 3 N–H and O–H groups in total. The van der Waals surface area contributed by atoms with Crippen LogP contribution in [0.5, 0.6) is 0 Å². The standard InChI is InChI=1S/C28H28FN5O3S/c29-24-7-1-4-20(16-24)19-33-12-14-34(15-13-33)28(35)22-9-10-25(23(17-22)18-30)32-38(36,37)26-8-2-5-21-6-3-11-31-27(21)26/h1-11,16-17,32H,12-15,18-19,30H2. The number of anilines is 1. The second kappa shape index (κ2) is 10.9. The highest BCUT2D eigenvalue weighted by atomic mass is 32.2. The fraction of sp³-hybridized carbons (Fsp3) is 0.214. The quantitative estimate of drug-likeness (QED) is 0.376. The minimum atomic E-state index is -3.95. The zero-order valence-electron chi connectivity index (χ0n) is 20.7. The number of fused-ring (bicyclic) bond motifs is 1. The fourth-order valence-corrected chi connectivity index (χ4v) is 5.95. The van der Waals surface area contributed by atoms with Crippen molar-refractivity contribution in [3.8, 4) is 0 Å². The SMILES string of the molecule is NCc1cc(C(=O)N2CCN(Cc3cccc(F)c3)CC2)ccc1NS(=O)(=O)c1cccc2cccnc12. The first-order valence-electron chi connectivity index (χ1n) is 12.3. The Morgan fingerprint density at radius 1 is 0.974 bits per heavy atom. The number of amides is 1. The van der Waals surface area contributed by atoms with Gasteiger partial charge in [-0.25, -0.2) is 12.8 Å². The summed E-state index contributed by atoms with van der Waals surface area (Å²) < 4.78 is 42.6. The minimum Gasteiger partial charge on any atom is -0.336 e. The lowest BCUT2D eigenvalue weighted by atomic mass is 10.1. The van der Waals surface area contributed by atoms with Gasteiger partial charge in [-0.1, -0.05) is 30.3 Å². The molecule has 38 heavy (non-hydrogen) atoms. The van der Waals surface area contributed by atoms with Crippen LogP contribution in [0, 0.1) is 5.82 Å². The van der Waals surface area contributed by atoms with Crippen LogP contribution in [0.2, 0.25) is 0 Å². The van der Waals surface area contributed by atoms with Gasteiger partial charge in [-0.05, 0) is 53.6 Å². The highest BCUT2D eigenvalue weighted by Crippen LogP contribution is 2.26. The second-order valence-electron chi connectivity index (χ2n) is 9.21. The van der Waals surface area contributed by atoms with E-state index in [1.807, 2.05) is 6.07 Å². The van der Waals surface area contributed by atoms with Crippen molar-refractivity contribution in [2.24, 2.45) is 5.73 Å². The molecule has 10 heteroatoms. The molecular formula is C28H28FN5O3S. The number of nitrogens with two attached hydrogens (primary N) is 1. The van der Waals surface area contributed by atoms with E-state index in [0.29, 0.717) is 60.4 Å². The molecule has 0 unspecified atom stereocenters. The molecule has 3 aromatic carbocycles. The predicted octanol–water partition coefficient (Wildman–Crippen LogP) is 3.59. The number of carbonyl (C=O) groups is 1. The number of para-hydroxylation sites is 1. The maximum Gasteiger partial charge on any atom is 0.264 e. The van der Waals surface area contributed by atoms with Gasteiger partial charge < -0.3 is 10.6 Å². The Labute approximate surface area is 220 Å². The Bertz CT molecular complexity index is 1580. The molecule has 196 valence electrons. The summed E-state index contributed by atoms with van der Waals surface area (Å²) >= 11 is 0. The first-order valence-corrected chi connectivity index (χ1v) is 13.8. The number of halogens is 1. The van der Waals surface area contributed by atoms with Crippen LogP contribution in [0.15, 0.2) is 83.9 Å². The van der Waals surface area contributed by atoms with Crippen molar-refractivity contribution in [1.82, 2.24) is 14.8 Å². The van der Waals surface area contributed by atoms with Crippen LogP contribution in [-0.4, -0.2) is 55.3 Å². The summed E-state index contributed by atoms with van der Waals surface area (Å²) in [7, 11) is -3.95. The van der Waals surface area contributed by atoms with Crippen molar-refractivity contribution in [3.05, 3.63) is 102 Å². The number of benzene rings is 3. The molecule has 0 aliphatic carbocycles. The summed E-state index contributed by atoms with van der Waals surface area (Å²) in [5.74, 6) is -0.399. The average molecular weight is 534 g/mol. The monoisotopic (exact) mass is 533 g/mol. The summed E-state index contributed by atoms with van der Waals surface area (Å²) in [6.07, 6.45) is 1.55. The van der Waals surface area contributed by atoms with Gasteiger partial charge in [0.05, 0.1) is 11.2 Å². The summed E-state index contributed by atoms with van der Waals surface area (Å²) in [5, 5.41) is 0.714. The number of hydrogen-bond acceptors (Lipinski definition) is 6. The lowest BCUT2D eigenvalue weighted by molar-refractivity contribution is 0.0628. The third-order valence-electron chi connectivity index (χ3n) is 6.66. The van der Waals surface area contributed by atoms with Gasteiger partial charge >= 0.3 is 0 Å². The number of sulfonamides is 1. The van der Waals surface area contributed by atoms with Crippen LogP contribution in [0.3, 0.4) is 0 Å². The summed E-state index contributed by atoms with van der Waals surface area (Å²) in [6.45, 7) is 3.08. The van der Waals surface area contributed by atoms with E-state index in [0.717, 1.165) is 5.56 Å². The first-order chi connectivity index (χ1) is 18.3. The van der Waals surface area contributed by atoms with Gasteiger partial charge in [0.1, 0.15) is 10.7 Å². The number of pyridine rings is 1. The Balaban J connectivity index is 1.28. The molecule has 1 aliphatic rings. The highest BCUT2D eigenvalue weighted by Gasteiger charge is 2.24. The number of rotatable bonds is 7. The lowest BCUT2D eigenvalue weighted by Crippen LogP contribution is -2.48. The Morgan fingerprint density at radius 3 is 2.50 bits per heavy atom. The molecule has 2 heterocycles. The smallest absolute Gasteiger partial charge is 0.264 e. The number of aromatic nitrogens is 1. The summed E-state index contributed by atoms with van der Waals surface area (Å²) in [5.41, 5.74) is 8.49. The Hall–Kier alpha value is -3.86. The minimum absolute atomic E-state index is 0.0498. The maximum absolute atomic E-state index is 13.5. The molecule has 4 aromatic rings. The fourth-order valence-electron chi connectivity index (χ4n) is 4.67. The van der Waals surface area contributed by atoms with Crippen molar-refractivity contribution in [2.75, 3.05) is 30.9 Å². The zero-order valence-corrected chi connectivity index (χ0v) is 21.5. The molecule has 0 bridgehead atoms. The normalized spacial score (nSPS) is 14.5. The lowest BCUT2D eigenvalue weighted by Gasteiger charge is -2.35. The highest BCUT2D eigenvalue weighted by molar-refractivity contribution is 7.93. The molecule has 1 fully saturated rings. The molecule has 0 saturated carbocycles. The van der Waals surface area contributed by atoms with E-state index in [4.69, 9.17) is 5.73 Å². The third-order valence-corrected chi connectivity index (χ3v) is 8.05. The van der Waals surface area contributed by atoms with E-state index in [9.17, 15) is 17.6 Å². The number of hydrogen-bond donors (Lipinski definition) is 2. The molecule has 0 spiro atoms. The van der Waals surface area contributed by atoms with Gasteiger partial charge in [0.2, 0.25) is 0 Å². The number of nitrogens with zero attached hydrogens (tertiary/aromatic N) is 3. The largest absolute Gasteiger partial charge is 0.336 e. The van der Waals surface area contributed by atoms with Crippen molar-refractivity contribution in [2.45, 2.75) is 18.0 Å². The zero-order chi connectivity index (χ0) is 26.7. The molecule has 8 nitrogen and oxygen atoms in total. The molecule has 5 rings (SSSR count). The molecule has 1 amide bonds. The molecule has 1 saturated heterocycles. The Morgan fingerprint density at radius 2 is 1.74 bits per heavy atom. The first kappa shape index (κ1) is 25.8. The van der Waals surface area contributed by atoms with Crippen LogP contribution < -0.4 is 10.5 Å². The van der Waals surface area contributed by atoms with Crippen molar-refractivity contribution < 1.29 is 17.6 Å². The van der Waals surface area contributed by atoms with E-state index < -0.39 is 10.0 Å². The van der Waals surface area contributed by atoms with Gasteiger partial charge in [-0.15, -0.1) is 0 Å². The molecular weight excluding hydrogens is 505 g/mol. The summed E-state index contributed by atoms with van der Waals surface area (Å²) in [4.78, 5) is 21.5. The molecule has 1 aliphatic heterocycles.